The minimum atomic E-state index is -2.90. The molecule has 24 heavy (non-hydrogen) atoms. The Balaban J connectivity index is 2.89. The van der Waals surface area contributed by atoms with Crippen LogP contribution in [0.4, 0.5) is 8.78 Å². The van der Waals surface area contributed by atoms with Crippen LogP contribution in [0, 0.1) is 5.92 Å². The molecule has 8 heteroatoms. The normalized spacial score (nSPS) is 12.9. The molecule has 0 aromatic heterocycles. The van der Waals surface area contributed by atoms with Gasteiger partial charge in [0.2, 0.25) is 0 Å². The molecule has 136 valence electrons. The fourth-order valence-electron chi connectivity index (χ4n) is 1.86. The van der Waals surface area contributed by atoms with E-state index in [1.807, 2.05) is 13.8 Å². The Hall–Kier alpha value is -2.09. The summed E-state index contributed by atoms with van der Waals surface area (Å²) < 4.78 is 34.7. The number of benzene rings is 1. The number of ether oxygens (including phenoxy) is 2. The van der Waals surface area contributed by atoms with E-state index in [0.717, 1.165) is 0 Å². The summed E-state index contributed by atoms with van der Waals surface area (Å²) in [5.41, 5.74) is 0.488. The number of nitrogens with zero attached hydrogens (tertiary/aromatic N) is 1. The van der Waals surface area contributed by atoms with Gasteiger partial charge in [0.15, 0.2) is 5.96 Å². The summed E-state index contributed by atoms with van der Waals surface area (Å²) in [7, 11) is 1.50. The van der Waals surface area contributed by atoms with Gasteiger partial charge in [-0.1, -0.05) is 6.92 Å². The zero-order chi connectivity index (χ0) is 17.9. The molecule has 0 heterocycles. The van der Waals surface area contributed by atoms with E-state index in [1.54, 1.807) is 12.1 Å². The maximum atomic E-state index is 12.5. The molecule has 6 nitrogen and oxygen atoms in total. The molecule has 3 N–H and O–H groups in total. The van der Waals surface area contributed by atoms with Crippen molar-refractivity contribution >= 4 is 5.96 Å². The molecule has 0 aliphatic rings. The van der Waals surface area contributed by atoms with Gasteiger partial charge < -0.3 is 25.2 Å². The molecule has 0 fully saturated rings. The van der Waals surface area contributed by atoms with Crippen molar-refractivity contribution in [1.29, 1.82) is 0 Å². The average Bonchev–Trinajstić information content (AvgIpc) is 2.57. The third kappa shape index (κ3) is 6.99. The zero-order valence-corrected chi connectivity index (χ0v) is 14.2. The first-order chi connectivity index (χ1) is 11.5. The molecule has 0 saturated heterocycles. The first kappa shape index (κ1) is 20.0. The van der Waals surface area contributed by atoms with Crippen molar-refractivity contribution in [3.63, 3.8) is 0 Å². The van der Waals surface area contributed by atoms with E-state index < -0.39 is 6.61 Å². The highest BCUT2D eigenvalue weighted by Crippen LogP contribution is 2.26. The molecule has 1 aromatic rings. The zero-order valence-electron chi connectivity index (χ0n) is 14.2. The molecule has 0 radical (unpaired) electrons. The number of rotatable bonds is 9. The largest absolute Gasteiger partial charge is 0.497 e. The number of nitrogens with one attached hydrogen (secondary N) is 2. The maximum Gasteiger partial charge on any atom is 0.387 e. The molecule has 1 aromatic carbocycles. The van der Waals surface area contributed by atoms with Crippen molar-refractivity contribution in [2.75, 3.05) is 26.8 Å². The molecular weight excluding hydrogens is 320 g/mol. The van der Waals surface area contributed by atoms with Crippen LogP contribution in [0.5, 0.6) is 11.5 Å². The van der Waals surface area contributed by atoms with Crippen LogP contribution in [0.1, 0.15) is 19.4 Å². The molecule has 0 saturated carbocycles. The Labute approximate surface area is 140 Å². The summed E-state index contributed by atoms with van der Waals surface area (Å²) in [5, 5.41) is 15.2. The summed E-state index contributed by atoms with van der Waals surface area (Å²) in [6, 6.07) is 4.60. The highest BCUT2D eigenvalue weighted by molar-refractivity contribution is 5.79. The monoisotopic (exact) mass is 345 g/mol. The number of methoxy groups -OCH3 is 1. The Bertz CT molecular complexity index is 527. The van der Waals surface area contributed by atoms with E-state index in [0.29, 0.717) is 30.4 Å². The van der Waals surface area contributed by atoms with Crippen LogP contribution >= 0.6 is 0 Å². The Kier molecular flexibility index (Phi) is 8.85. The lowest BCUT2D eigenvalue weighted by Gasteiger charge is -2.15. The van der Waals surface area contributed by atoms with Gasteiger partial charge in [0, 0.05) is 25.3 Å². The lowest BCUT2D eigenvalue weighted by molar-refractivity contribution is -0.0504. The average molecular weight is 345 g/mol. The standard InChI is InChI=1S/C16H25F2N3O3/c1-4-19-16(20-8-11(2)10-22)21-9-12-7-13(23-3)5-6-14(12)24-15(17)18/h5-7,11,15,22H,4,8-10H2,1-3H3,(H2,19,20,21). The van der Waals surface area contributed by atoms with Crippen LogP contribution in [0.2, 0.25) is 0 Å². The minimum Gasteiger partial charge on any atom is -0.497 e. The second-order valence-electron chi connectivity index (χ2n) is 5.22. The highest BCUT2D eigenvalue weighted by atomic mass is 19.3. The van der Waals surface area contributed by atoms with Gasteiger partial charge in [-0.2, -0.15) is 8.78 Å². The number of alkyl halides is 2. The molecule has 0 bridgehead atoms. The number of guanidine groups is 1. The number of aliphatic hydroxyl groups is 1. The van der Waals surface area contributed by atoms with E-state index in [1.165, 1.54) is 13.2 Å². The van der Waals surface area contributed by atoms with Gasteiger partial charge in [0.1, 0.15) is 11.5 Å². The van der Waals surface area contributed by atoms with Crippen LogP contribution in [0.3, 0.4) is 0 Å². The quantitative estimate of drug-likeness (QED) is 0.471. The fourth-order valence-corrected chi connectivity index (χ4v) is 1.86. The number of hydrogen-bond acceptors (Lipinski definition) is 4. The van der Waals surface area contributed by atoms with Crippen LogP contribution in [0.25, 0.3) is 0 Å². The van der Waals surface area contributed by atoms with E-state index >= 15 is 0 Å². The van der Waals surface area contributed by atoms with Crippen LogP contribution in [-0.2, 0) is 6.54 Å². The Morgan fingerprint density at radius 3 is 2.67 bits per heavy atom. The molecule has 1 atom stereocenters. The van der Waals surface area contributed by atoms with Crippen LogP contribution in [0.15, 0.2) is 23.2 Å². The number of aliphatic hydroxyl groups excluding tert-OH is 1. The number of hydrogen-bond donors (Lipinski definition) is 3. The summed E-state index contributed by atoms with van der Waals surface area (Å²) in [5.74, 6) is 1.20. The smallest absolute Gasteiger partial charge is 0.387 e. The van der Waals surface area contributed by atoms with E-state index in [2.05, 4.69) is 20.4 Å². The van der Waals surface area contributed by atoms with Gasteiger partial charge in [-0.3, -0.25) is 0 Å². The lowest BCUT2D eigenvalue weighted by Crippen LogP contribution is -2.39. The Morgan fingerprint density at radius 1 is 1.33 bits per heavy atom. The second-order valence-corrected chi connectivity index (χ2v) is 5.22. The predicted octanol–water partition coefficient (Wildman–Crippen LogP) is 1.98. The van der Waals surface area contributed by atoms with Gasteiger partial charge >= 0.3 is 6.61 Å². The van der Waals surface area contributed by atoms with Crippen LogP contribution in [-0.4, -0.2) is 44.5 Å². The van der Waals surface area contributed by atoms with Gasteiger partial charge in [0.25, 0.3) is 0 Å². The number of halogens is 2. The molecule has 1 unspecified atom stereocenters. The minimum absolute atomic E-state index is 0.0640. The van der Waals surface area contributed by atoms with E-state index in [-0.39, 0.29) is 24.8 Å². The van der Waals surface area contributed by atoms with Crippen molar-refractivity contribution < 1.29 is 23.4 Å². The van der Waals surface area contributed by atoms with Crippen molar-refractivity contribution in [2.24, 2.45) is 10.9 Å². The van der Waals surface area contributed by atoms with Crippen molar-refractivity contribution in [3.05, 3.63) is 23.8 Å². The Morgan fingerprint density at radius 2 is 2.08 bits per heavy atom. The third-order valence-electron chi connectivity index (χ3n) is 3.17. The van der Waals surface area contributed by atoms with E-state index in [9.17, 15) is 8.78 Å². The first-order valence-electron chi connectivity index (χ1n) is 7.74. The molecule has 0 amide bonds. The lowest BCUT2D eigenvalue weighted by atomic mass is 10.2. The van der Waals surface area contributed by atoms with E-state index in [4.69, 9.17) is 9.84 Å². The molecule has 0 spiro atoms. The third-order valence-corrected chi connectivity index (χ3v) is 3.17. The molecular formula is C16H25F2N3O3. The highest BCUT2D eigenvalue weighted by Gasteiger charge is 2.11. The maximum absolute atomic E-state index is 12.5. The first-order valence-corrected chi connectivity index (χ1v) is 7.74. The van der Waals surface area contributed by atoms with Gasteiger partial charge in [0.05, 0.1) is 13.7 Å². The summed E-state index contributed by atoms with van der Waals surface area (Å²) in [4.78, 5) is 4.37. The topological polar surface area (TPSA) is 75.1 Å². The summed E-state index contributed by atoms with van der Waals surface area (Å²) in [6.45, 7) is 2.31. The second kappa shape index (κ2) is 10.6. The number of aliphatic imine (C=N–C) groups is 1. The molecule has 0 aliphatic carbocycles. The van der Waals surface area contributed by atoms with Gasteiger partial charge in [-0.05, 0) is 31.0 Å². The van der Waals surface area contributed by atoms with Gasteiger partial charge in [-0.15, -0.1) is 0 Å². The molecule has 0 aliphatic heterocycles. The predicted molar refractivity (Wildman–Crippen MR) is 88.7 cm³/mol. The SMILES string of the molecule is CCNC(=NCc1cc(OC)ccc1OC(F)F)NCC(C)CO. The van der Waals surface area contributed by atoms with Crippen molar-refractivity contribution in [3.8, 4) is 11.5 Å². The van der Waals surface area contributed by atoms with Crippen LogP contribution < -0.4 is 20.1 Å². The summed E-state index contributed by atoms with van der Waals surface area (Å²) >= 11 is 0. The molecule has 1 rings (SSSR count). The van der Waals surface area contributed by atoms with Gasteiger partial charge in [-0.25, -0.2) is 4.99 Å². The van der Waals surface area contributed by atoms with Crippen molar-refractivity contribution in [1.82, 2.24) is 10.6 Å². The van der Waals surface area contributed by atoms with Crippen molar-refractivity contribution in [2.45, 2.75) is 27.0 Å². The summed E-state index contributed by atoms with van der Waals surface area (Å²) in [6.07, 6.45) is 0. The fraction of sp³-hybridized carbons (Fsp3) is 0.562.